The van der Waals surface area contributed by atoms with Gasteiger partial charge in [0.2, 0.25) is 0 Å². The molecule has 3 atom stereocenters. The van der Waals surface area contributed by atoms with Gasteiger partial charge in [-0.15, -0.1) is 0 Å². The summed E-state index contributed by atoms with van der Waals surface area (Å²) in [6.07, 6.45) is 0.595. The summed E-state index contributed by atoms with van der Waals surface area (Å²) < 4.78 is 0. The molecule has 2 rings (SSSR count). The molecule has 0 aromatic heterocycles. The Morgan fingerprint density at radius 1 is 1.35 bits per heavy atom. The molecule has 23 heavy (non-hydrogen) atoms. The number of carbonyl (C=O) groups excluding carboxylic acids is 1. The smallest absolute Gasteiger partial charge is 0.317 e. The lowest BCUT2D eigenvalue weighted by molar-refractivity contribution is -0.143. The molecule has 1 heterocycles. The number of hydrogen-bond acceptors (Lipinski definition) is 2. The molecule has 1 aliphatic heterocycles. The van der Waals surface area contributed by atoms with Crippen molar-refractivity contribution in [2.75, 3.05) is 13.1 Å². The average molecular weight is 359 g/mol. The predicted octanol–water partition coefficient (Wildman–Crippen LogP) is 3.81. The van der Waals surface area contributed by atoms with Gasteiger partial charge in [-0.2, -0.15) is 0 Å². The Kier molecular flexibility index (Phi) is 5.76. The highest BCUT2D eigenvalue weighted by atomic mass is 35.5. The van der Waals surface area contributed by atoms with Crippen LogP contribution in [0.1, 0.15) is 31.9 Å². The Labute approximate surface area is 145 Å². The van der Waals surface area contributed by atoms with Crippen molar-refractivity contribution < 1.29 is 14.7 Å². The minimum absolute atomic E-state index is 0.157. The van der Waals surface area contributed by atoms with Gasteiger partial charge in [-0.3, -0.25) is 4.79 Å². The van der Waals surface area contributed by atoms with Crippen molar-refractivity contribution in [2.45, 2.75) is 26.3 Å². The molecule has 0 saturated carbocycles. The van der Waals surface area contributed by atoms with Gasteiger partial charge in [0.25, 0.3) is 0 Å². The van der Waals surface area contributed by atoms with Crippen LogP contribution in [0.25, 0.3) is 0 Å². The molecule has 5 nitrogen and oxygen atoms in total. The van der Waals surface area contributed by atoms with E-state index in [0.717, 1.165) is 5.56 Å². The molecule has 0 spiro atoms. The van der Waals surface area contributed by atoms with Gasteiger partial charge in [0, 0.05) is 23.1 Å². The van der Waals surface area contributed by atoms with E-state index in [1.807, 2.05) is 13.8 Å². The quantitative estimate of drug-likeness (QED) is 0.862. The van der Waals surface area contributed by atoms with Gasteiger partial charge >= 0.3 is 12.0 Å². The minimum atomic E-state index is -0.858. The first-order chi connectivity index (χ1) is 10.8. The SMILES string of the molecule is CC1CC(C(=O)O)CN(C(=O)NC(C)c2ccc(Cl)cc2Cl)C1. The molecule has 0 aliphatic carbocycles. The number of hydrogen-bond donors (Lipinski definition) is 2. The molecule has 126 valence electrons. The first-order valence-corrected chi connectivity index (χ1v) is 8.26. The second kappa shape index (κ2) is 7.41. The number of urea groups is 1. The highest BCUT2D eigenvalue weighted by Gasteiger charge is 2.32. The lowest BCUT2D eigenvalue weighted by Crippen LogP contribution is -2.49. The number of carboxylic acids is 1. The van der Waals surface area contributed by atoms with Crippen LogP contribution in [-0.4, -0.2) is 35.1 Å². The highest BCUT2D eigenvalue weighted by molar-refractivity contribution is 6.35. The number of nitrogens with one attached hydrogen (secondary N) is 1. The third kappa shape index (κ3) is 4.52. The van der Waals surface area contributed by atoms with E-state index in [1.54, 1.807) is 23.1 Å². The standard InChI is InChI=1S/C16H20Cl2N2O3/c1-9-5-11(15(21)22)8-20(7-9)16(23)19-10(2)13-4-3-12(17)6-14(13)18/h3-4,6,9-11H,5,7-8H2,1-2H3,(H,19,23)(H,21,22). The Bertz CT molecular complexity index is 609. The number of aliphatic carboxylic acids is 1. The summed E-state index contributed by atoms with van der Waals surface area (Å²) in [5.74, 6) is -1.22. The fraction of sp³-hybridized carbons (Fsp3) is 0.500. The Hall–Kier alpha value is -1.46. The number of piperidine rings is 1. The van der Waals surface area contributed by atoms with Gasteiger partial charge in [-0.1, -0.05) is 36.2 Å². The number of nitrogens with zero attached hydrogens (tertiary/aromatic N) is 1. The Balaban J connectivity index is 2.04. The van der Waals surface area contributed by atoms with Gasteiger partial charge in [-0.05, 0) is 37.0 Å². The first kappa shape index (κ1) is 17.9. The lowest BCUT2D eigenvalue weighted by Gasteiger charge is -2.35. The molecule has 7 heteroatoms. The number of likely N-dealkylation sites (tertiary alicyclic amines) is 1. The number of amides is 2. The van der Waals surface area contributed by atoms with E-state index in [9.17, 15) is 14.7 Å². The second-order valence-electron chi connectivity index (χ2n) is 6.12. The predicted molar refractivity (Wildman–Crippen MR) is 89.9 cm³/mol. The van der Waals surface area contributed by atoms with E-state index >= 15 is 0 Å². The van der Waals surface area contributed by atoms with Crippen molar-refractivity contribution >= 4 is 35.2 Å². The van der Waals surface area contributed by atoms with Crippen LogP contribution in [0.5, 0.6) is 0 Å². The highest BCUT2D eigenvalue weighted by Crippen LogP contribution is 2.27. The molecule has 1 aromatic rings. The van der Waals surface area contributed by atoms with Crippen LogP contribution in [0.3, 0.4) is 0 Å². The van der Waals surface area contributed by atoms with Gasteiger partial charge < -0.3 is 15.3 Å². The van der Waals surface area contributed by atoms with Crippen LogP contribution in [0.4, 0.5) is 4.79 Å². The van der Waals surface area contributed by atoms with Crippen molar-refractivity contribution in [2.24, 2.45) is 11.8 Å². The normalized spacial score (nSPS) is 22.5. The summed E-state index contributed by atoms with van der Waals surface area (Å²) in [6, 6.07) is 4.54. The van der Waals surface area contributed by atoms with Gasteiger partial charge in [0.05, 0.1) is 12.0 Å². The summed E-state index contributed by atoms with van der Waals surface area (Å²) in [6.45, 7) is 4.56. The van der Waals surface area contributed by atoms with E-state index < -0.39 is 11.9 Å². The fourth-order valence-corrected chi connectivity index (χ4v) is 3.48. The molecular weight excluding hydrogens is 339 g/mol. The fourth-order valence-electron chi connectivity index (χ4n) is 2.90. The van der Waals surface area contributed by atoms with Gasteiger partial charge in [0.1, 0.15) is 0 Å². The lowest BCUT2D eigenvalue weighted by atomic mass is 9.91. The topological polar surface area (TPSA) is 69.6 Å². The average Bonchev–Trinajstić information content (AvgIpc) is 2.46. The molecule has 2 N–H and O–H groups in total. The van der Waals surface area contributed by atoms with Crippen LogP contribution in [0.15, 0.2) is 18.2 Å². The summed E-state index contributed by atoms with van der Waals surface area (Å²) in [5.41, 5.74) is 0.768. The van der Waals surface area contributed by atoms with Crippen molar-refractivity contribution in [1.82, 2.24) is 10.2 Å². The maximum Gasteiger partial charge on any atom is 0.317 e. The maximum atomic E-state index is 12.4. The molecule has 1 saturated heterocycles. The van der Waals surface area contributed by atoms with Crippen molar-refractivity contribution in [3.05, 3.63) is 33.8 Å². The molecule has 3 unspecified atom stereocenters. The first-order valence-electron chi connectivity index (χ1n) is 7.51. The van der Waals surface area contributed by atoms with Crippen molar-refractivity contribution in [1.29, 1.82) is 0 Å². The van der Waals surface area contributed by atoms with Crippen molar-refractivity contribution in [3.63, 3.8) is 0 Å². The monoisotopic (exact) mass is 358 g/mol. The van der Waals surface area contributed by atoms with E-state index in [2.05, 4.69) is 5.32 Å². The summed E-state index contributed by atoms with van der Waals surface area (Å²) >= 11 is 12.0. The zero-order chi connectivity index (χ0) is 17.1. The Morgan fingerprint density at radius 2 is 2.04 bits per heavy atom. The molecular formula is C16H20Cl2N2O3. The van der Waals surface area contributed by atoms with Crippen LogP contribution in [0, 0.1) is 11.8 Å². The summed E-state index contributed by atoms with van der Waals surface area (Å²) in [7, 11) is 0. The maximum absolute atomic E-state index is 12.4. The number of carbonyl (C=O) groups is 2. The molecule has 1 aliphatic rings. The van der Waals surface area contributed by atoms with Crippen LogP contribution in [-0.2, 0) is 4.79 Å². The largest absolute Gasteiger partial charge is 0.481 e. The summed E-state index contributed by atoms with van der Waals surface area (Å²) in [4.78, 5) is 25.2. The van der Waals surface area contributed by atoms with E-state index in [1.165, 1.54) is 0 Å². The second-order valence-corrected chi connectivity index (χ2v) is 6.96. The zero-order valence-corrected chi connectivity index (χ0v) is 14.6. The molecule has 0 radical (unpaired) electrons. The number of carboxylic acid groups (broad SMARTS) is 1. The van der Waals surface area contributed by atoms with Gasteiger partial charge in [-0.25, -0.2) is 4.79 Å². The van der Waals surface area contributed by atoms with Gasteiger partial charge in [0.15, 0.2) is 0 Å². The number of benzene rings is 1. The van der Waals surface area contributed by atoms with E-state index in [0.29, 0.717) is 23.0 Å². The zero-order valence-electron chi connectivity index (χ0n) is 13.1. The Morgan fingerprint density at radius 3 is 2.65 bits per heavy atom. The molecule has 1 fully saturated rings. The number of halogens is 2. The molecule has 1 aromatic carbocycles. The van der Waals surface area contributed by atoms with E-state index in [-0.39, 0.29) is 24.5 Å². The third-order valence-electron chi connectivity index (χ3n) is 4.07. The van der Waals surface area contributed by atoms with Crippen LogP contribution >= 0.6 is 23.2 Å². The van der Waals surface area contributed by atoms with Crippen molar-refractivity contribution in [3.8, 4) is 0 Å². The van der Waals surface area contributed by atoms with Crippen LogP contribution < -0.4 is 5.32 Å². The number of rotatable bonds is 3. The third-order valence-corrected chi connectivity index (χ3v) is 4.63. The summed E-state index contributed by atoms with van der Waals surface area (Å²) in [5, 5.41) is 13.1. The molecule has 0 bridgehead atoms. The minimum Gasteiger partial charge on any atom is -0.481 e. The van der Waals surface area contributed by atoms with E-state index in [4.69, 9.17) is 23.2 Å². The van der Waals surface area contributed by atoms with Crippen LogP contribution in [0.2, 0.25) is 10.0 Å². The molecule has 2 amide bonds.